The average Bonchev–Trinajstić information content (AvgIpc) is 2.99. The Labute approximate surface area is 114 Å². The Morgan fingerprint density at radius 3 is 2.74 bits per heavy atom. The van der Waals surface area contributed by atoms with E-state index in [-0.39, 0.29) is 17.8 Å². The Morgan fingerprint density at radius 2 is 2.21 bits per heavy atom. The summed E-state index contributed by atoms with van der Waals surface area (Å²) in [7, 11) is 0. The molecule has 2 heterocycles. The fourth-order valence-corrected chi connectivity index (χ4v) is 2.43. The summed E-state index contributed by atoms with van der Waals surface area (Å²) in [5.74, 6) is 0.0910. The molecule has 0 aliphatic carbocycles. The molecule has 0 radical (unpaired) electrons. The molecule has 0 aromatic carbocycles. The first-order valence-corrected chi connectivity index (χ1v) is 6.75. The topological polar surface area (TPSA) is 108 Å². The first-order valence-electron chi connectivity index (χ1n) is 5.91. The van der Waals surface area contributed by atoms with Crippen LogP contribution >= 0.6 is 11.5 Å². The van der Waals surface area contributed by atoms with Crippen molar-refractivity contribution in [2.75, 3.05) is 26.2 Å². The number of rotatable bonds is 3. The number of nitrogens with zero attached hydrogens (tertiary/aromatic N) is 5. The Morgan fingerprint density at radius 1 is 1.53 bits per heavy atom. The SMILES string of the molecule is CC(C(N)=NO)N1CCN(C(=O)c2csnn2)CC1. The van der Waals surface area contributed by atoms with Crippen molar-refractivity contribution in [2.45, 2.75) is 13.0 Å². The van der Waals surface area contributed by atoms with Gasteiger partial charge in [0, 0.05) is 31.6 Å². The van der Waals surface area contributed by atoms with Crippen LogP contribution in [0.5, 0.6) is 0 Å². The van der Waals surface area contributed by atoms with E-state index in [0.717, 1.165) is 0 Å². The summed E-state index contributed by atoms with van der Waals surface area (Å²) in [5.41, 5.74) is 5.97. The van der Waals surface area contributed by atoms with Crippen LogP contribution in [0.1, 0.15) is 17.4 Å². The molecule has 8 nitrogen and oxygen atoms in total. The van der Waals surface area contributed by atoms with Gasteiger partial charge in [-0.05, 0) is 18.5 Å². The monoisotopic (exact) mass is 284 g/mol. The average molecular weight is 284 g/mol. The molecule has 2 rings (SSSR count). The number of amides is 1. The summed E-state index contributed by atoms with van der Waals surface area (Å²) in [6, 6.07) is -0.136. The van der Waals surface area contributed by atoms with E-state index >= 15 is 0 Å². The van der Waals surface area contributed by atoms with Crippen LogP contribution in [0.3, 0.4) is 0 Å². The van der Waals surface area contributed by atoms with Crippen LogP contribution in [0.2, 0.25) is 0 Å². The minimum atomic E-state index is -0.136. The maximum atomic E-state index is 12.1. The fraction of sp³-hybridized carbons (Fsp3) is 0.600. The lowest BCUT2D eigenvalue weighted by molar-refractivity contribution is 0.0613. The van der Waals surface area contributed by atoms with Crippen LogP contribution in [0.4, 0.5) is 0 Å². The standard InChI is InChI=1S/C10H16N6O2S/c1-7(9(11)13-18)15-2-4-16(5-3-15)10(17)8-6-19-14-12-8/h6-7,18H,2-5H2,1H3,(H2,11,13). The smallest absolute Gasteiger partial charge is 0.275 e. The van der Waals surface area contributed by atoms with E-state index < -0.39 is 0 Å². The maximum Gasteiger partial charge on any atom is 0.275 e. The lowest BCUT2D eigenvalue weighted by Gasteiger charge is -2.37. The van der Waals surface area contributed by atoms with E-state index in [1.807, 2.05) is 6.92 Å². The van der Waals surface area contributed by atoms with E-state index in [1.165, 1.54) is 11.5 Å². The highest BCUT2D eigenvalue weighted by Gasteiger charge is 2.27. The molecule has 0 bridgehead atoms. The predicted molar refractivity (Wildman–Crippen MR) is 70.3 cm³/mol. The molecule has 1 unspecified atom stereocenters. The van der Waals surface area contributed by atoms with Gasteiger partial charge in [-0.2, -0.15) is 0 Å². The van der Waals surface area contributed by atoms with E-state index in [9.17, 15) is 4.79 Å². The molecule has 1 atom stereocenters. The number of carbonyl (C=O) groups excluding carboxylic acids is 1. The van der Waals surface area contributed by atoms with Gasteiger partial charge in [-0.3, -0.25) is 9.69 Å². The van der Waals surface area contributed by atoms with Gasteiger partial charge < -0.3 is 15.8 Å². The number of hydrogen-bond acceptors (Lipinski definition) is 7. The Bertz CT molecular complexity index is 455. The molecule has 0 saturated carbocycles. The van der Waals surface area contributed by atoms with Crippen LogP contribution in [0, 0.1) is 0 Å². The summed E-state index contributed by atoms with van der Waals surface area (Å²) < 4.78 is 3.69. The zero-order chi connectivity index (χ0) is 13.8. The quantitative estimate of drug-likeness (QED) is 0.333. The third-order valence-corrected chi connectivity index (χ3v) is 3.78. The molecule has 1 aliphatic rings. The second kappa shape index (κ2) is 5.93. The Hall–Kier alpha value is -1.74. The minimum absolute atomic E-state index is 0.0927. The maximum absolute atomic E-state index is 12.1. The van der Waals surface area contributed by atoms with Crippen molar-refractivity contribution >= 4 is 23.3 Å². The van der Waals surface area contributed by atoms with Crippen molar-refractivity contribution < 1.29 is 10.0 Å². The van der Waals surface area contributed by atoms with Crippen LogP contribution < -0.4 is 5.73 Å². The zero-order valence-electron chi connectivity index (χ0n) is 10.6. The van der Waals surface area contributed by atoms with Gasteiger partial charge in [0.2, 0.25) is 0 Å². The van der Waals surface area contributed by atoms with Crippen LogP contribution in [0.15, 0.2) is 10.5 Å². The van der Waals surface area contributed by atoms with Crippen LogP contribution in [-0.4, -0.2) is 68.6 Å². The second-order valence-electron chi connectivity index (χ2n) is 4.32. The third kappa shape index (κ3) is 2.99. The molecule has 3 N–H and O–H groups in total. The number of piperazine rings is 1. The molecule has 1 amide bonds. The van der Waals surface area contributed by atoms with Gasteiger partial charge in [0.15, 0.2) is 11.5 Å². The predicted octanol–water partition coefficient (Wildman–Crippen LogP) is -0.569. The molecular formula is C10H16N6O2S. The van der Waals surface area contributed by atoms with Crippen molar-refractivity contribution in [3.8, 4) is 0 Å². The van der Waals surface area contributed by atoms with Crippen molar-refractivity contribution in [2.24, 2.45) is 10.9 Å². The fourth-order valence-electron chi connectivity index (χ4n) is 2.00. The van der Waals surface area contributed by atoms with Crippen molar-refractivity contribution in [3.63, 3.8) is 0 Å². The molecule has 0 spiro atoms. The zero-order valence-corrected chi connectivity index (χ0v) is 11.4. The summed E-state index contributed by atoms with van der Waals surface area (Å²) in [5, 5.41) is 17.1. The molecule has 1 fully saturated rings. The number of carbonyl (C=O) groups is 1. The van der Waals surface area contributed by atoms with Crippen molar-refractivity contribution in [3.05, 3.63) is 11.1 Å². The number of oxime groups is 1. The molecule has 1 aromatic heterocycles. The van der Waals surface area contributed by atoms with Crippen molar-refractivity contribution in [1.82, 2.24) is 19.4 Å². The number of amidine groups is 1. The van der Waals surface area contributed by atoms with Crippen LogP contribution in [0.25, 0.3) is 0 Å². The van der Waals surface area contributed by atoms with Gasteiger partial charge >= 0.3 is 0 Å². The minimum Gasteiger partial charge on any atom is -0.409 e. The van der Waals surface area contributed by atoms with Gasteiger partial charge in [-0.1, -0.05) is 9.64 Å². The molecule has 1 aromatic rings. The normalized spacial score (nSPS) is 19.4. The molecule has 9 heteroatoms. The number of aromatic nitrogens is 2. The third-order valence-electron chi connectivity index (χ3n) is 3.27. The molecule has 19 heavy (non-hydrogen) atoms. The summed E-state index contributed by atoms with van der Waals surface area (Å²) >= 11 is 1.17. The highest BCUT2D eigenvalue weighted by atomic mass is 32.1. The summed E-state index contributed by atoms with van der Waals surface area (Å²) in [6.07, 6.45) is 0. The first kappa shape index (κ1) is 13.7. The van der Waals surface area contributed by atoms with Gasteiger partial charge in [0.05, 0.1) is 6.04 Å². The van der Waals surface area contributed by atoms with Gasteiger partial charge in [-0.25, -0.2) is 0 Å². The van der Waals surface area contributed by atoms with E-state index in [4.69, 9.17) is 10.9 Å². The number of hydrogen-bond donors (Lipinski definition) is 2. The second-order valence-corrected chi connectivity index (χ2v) is 4.93. The highest BCUT2D eigenvalue weighted by Crippen LogP contribution is 2.10. The molecule has 104 valence electrons. The van der Waals surface area contributed by atoms with Gasteiger partial charge in [0.25, 0.3) is 5.91 Å². The van der Waals surface area contributed by atoms with Crippen LogP contribution in [-0.2, 0) is 0 Å². The van der Waals surface area contributed by atoms with E-state index in [1.54, 1.807) is 10.3 Å². The first-order chi connectivity index (χ1) is 9.13. The Balaban J connectivity index is 1.91. The van der Waals surface area contributed by atoms with E-state index in [0.29, 0.717) is 31.9 Å². The highest BCUT2D eigenvalue weighted by molar-refractivity contribution is 7.03. The summed E-state index contributed by atoms with van der Waals surface area (Å²) in [6.45, 7) is 4.43. The largest absolute Gasteiger partial charge is 0.409 e. The summed E-state index contributed by atoms with van der Waals surface area (Å²) in [4.78, 5) is 15.9. The van der Waals surface area contributed by atoms with Crippen molar-refractivity contribution in [1.29, 1.82) is 0 Å². The lowest BCUT2D eigenvalue weighted by Crippen LogP contribution is -2.54. The van der Waals surface area contributed by atoms with E-state index in [2.05, 4.69) is 19.6 Å². The lowest BCUT2D eigenvalue weighted by atomic mass is 10.2. The Kier molecular flexibility index (Phi) is 4.27. The van der Waals surface area contributed by atoms with Gasteiger partial charge in [-0.15, -0.1) is 5.10 Å². The number of nitrogens with two attached hydrogens (primary N) is 1. The molecule has 1 saturated heterocycles. The molecule has 1 aliphatic heterocycles. The van der Waals surface area contributed by atoms with Gasteiger partial charge in [0.1, 0.15) is 0 Å². The molecular weight excluding hydrogens is 268 g/mol.